The van der Waals surface area contributed by atoms with Crippen LogP contribution in [0.2, 0.25) is 0 Å². The molecule has 11 nitrogen and oxygen atoms in total. The normalized spacial score (nSPS) is 49.9. The number of hydrogen-bond acceptors (Lipinski definition) is 11. The van der Waals surface area contributed by atoms with E-state index in [4.69, 9.17) is 28.4 Å². The van der Waals surface area contributed by atoms with Gasteiger partial charge in [-0.1, -0.05) is 18.2 Å². The second-order valence-electron chi connectivity index (χ2n) is 14.2. The topological polar surface area (TPSA) is 133 Å². The molecule has 0 radical (unpaired) electrons. The molecule has 5 aliphatic carbocycles. The molecule has 1 aromatic carbocycles. The highest BCUT2D eigenvalue weighted by molar-refractivity contribution is 5.89. The second kappa shape index (κ2) is 10.2. The van der Waals surface area contributed by atoms with E-state index in [1.54, 1.807) is 45.6 Å². The molecule has 0 amide bonds. The van der Waals surface area contributed by atoms with Crippen molar-refractivity contribution in [2.75, 3.05) is 48.6 Å². The Hall–Kier alpha value is -2.12. The summed E-state index contributed by atoms with van der Waals surface area (Å²) < 4.78 is 37.5. The predicted molar refractivity (Wildman–Crippen MR) is 154 cm³/mol. The third kappa shape index (κ3) is 3.41. The maximum Gasteiger partial charge on any atom is 0.338 e. The van der Waals surface area contributed by atoms with Gasteiger partial charge in [0.1, 0.15) is 23.9 Å². The van der Waals surface area contributed by atoms with Crippen LogP contribution in [-0.2, 0) is 33.2 Å². The number of aliphatic hydroxyl groups excluding tert-OH is 1. The highest BCUT2D eigenvalue weighted by atomic mass is 16.6. The molecule has 14 atom stereocenters. The van der Waals surface area contributed by atoms with Gasteiger partial charge in [0.15, 0.2) is 5.60 Å². The summed E-state index contributed by atoms with van der Waals surface area (Å²) in [4.78, 5) is 29.2. The van der Waals surface area contributed by atoms with E-state index in [0.29, 0.717) is 12.2 Å². The standard InChI is InChI=1S/C33H45NO10/c1-17(35)44-33-21-19(14-31(38,28(42-6)26(33)36)27(21)43-29(37)18-10-8-7-9-11-18)32-20(40-4)12-13-30(16-39-3)15-34(2)25(32)22(33)23(41-5)24(30)32/h7-11,19-28,36,38H,12-16H2,1-6H3/t19-,20?,21-,22?,23?,24-,25-,26+,27-,28-,30+,31-,32?,33+/m1/s1. The average Bonchev–Trinajstić information content (AvgIpc) is 3.39. The van der Waals surface area contributed by atoms with Gasteiger partial charge in [0.2, 0.25) is 0 Å². The molecule has 6 fully saturated rings. The van der Waals surface area contributed by atoms with Crippen LogP contribution in [-0.4, -0.2) is 123 Å². The van der Waals surface area contributed by atoms with Crippen LogP contribution in [0.4, 0.5) is 0 Å². The number of ether oxygens (including phenoxy) is 6. The van der Waals surface area contributed by atoms with Crippen LogP contribution in [0, 0.1) is 34.5 Å². The van der Waals surface area contributed by atoms with Crippen LogP contribution >= 0.6 is 0 Å². The largest absolute Gasteiger partial charge is 0.455 e. The van der Waals surface area contributed by atoms with Gasteiger partial charge in [0.25, 0.3) is 0 Å². The third-order valence-corrected chi connectivity index (χ3v) is 12.8. The molecule has 11 heteroatoms. The first-order chi connectivity index (χ1) is 21.0. The summed E-state index contributed by atoms with van der Waals surface area (Å²) in [5, 5.41) is 25.1. The lowest BCUT2D eigenvalue weighted by Gasteiger charge is -2.69. The Morgan fingerprint density at radius 2 is 1.75 bits per heavy atom. The van der Waals surface area contributed by atoms with E-state index in [0.717, 1.165) is 19.4 Å². The Kier molecular flexibility index (Phi) is 7.07. The number of nitrogens with zero attached hydrogens (tertiary/aromatic N) is 1. The number of carbonyl (C=O) groups excluding carboxylic acids is 2. The lowest BCUT2D eigenvalue weighted by molar-refractivity contribution is -0.316. The van der Waals surface area contributed by atoms with Gasteiger partial charge in [0.05, 0.1) is 24.4 Å². The van der Waals surface area contributed by atoms with Gasteiger partial charge in [-0.15, -0.1) is 0 Å². The maximum atomic E-state index is 13.7. The van der Waals surface area contributed by atoms with Crippen LogP contribution in [0.5, 0.6) is 0 Å². The number of fused-ring (bicyclic) bond motifs is 2. The predicted octanol–water partition coefficient (Wildman–Crippen LogP) is 1.29. The summed E-state index contributed by atoms with van der Waals surface area (Å²) in [5.74, 6) is -2.96. The van der Waals surface area contributed by atoms with E-state index in [-0.39, 0.29) is 35.8 Å². The fourth-order valence-electron chi connectivity index (χ4n) is 12.3. The van der Waals surface area contributed by atoms with Gasteiger partial charge < -0.3 is 43.5 Å². The second-order valence-corrected chi connectivity index (χ2v) is 14.2. The van der Waals surface area contributed by atoms with Crippen molar-refractivity contribution in [1.29, 1.82) is 0 Å². The van der Waals surface area contributed by atoms with Gasteiger partial charge in [-0.2, -0.15) is 0 Å². The molecule has 1 saturated heterocycles. The van der Waals surface area contributed by atoms with Crippen molar-refractivity contribution < 1.29 is 48.2 Å². The summed E-state index contributed by atoms with van der Waals surface area (Å²) >= 11 is 0. The molecule has 2 N–H and O–H groups in total. The smallest absolute Gasteiger partial charge is 0.338 e. The number of aliphatic hydroxyl groups is 2. The van der Waals surface area contributed by atoms with Crippen LogP contribution in [0.15, 0.2) is 30.3 Å². The zero-order valence-electron chi connectivity index (χ0n) is 26.3. The average molecular weight is 616 g/mol. The molecule has 1 spiro atoms. The van der Waals surface area contributed by atoms with Gasteiger partial charge >= 0.3 is 11.9 Å². The van der Waals surface area contributed by atoms with Gasteiger partial charge in [-0.25, -0.2) is 4.79 Å². The van der Waals surface area contributed by atoms with Crippen molar-refractivity contribution in [2.45, 2.75) is 73.9 Å². The van der Waals surface area contributed by atoms with E-state index in [9.17, 15) is 19.8 Å². The molecule has 7 rings (SSSR count). The minimum atomic E-state index is -1.76. The summed E-state index contributed by atoms with van der Waals surface area (Å²) in [6.45, 7) is 2.56. The first-order valence-electron chi connectivity index (χ1n) is 15.7. The zero-order valence-corrected chi connectivity index (χ0v) is 26.3. The summed E-state index contributed by atoms with van der Waals surface area (Å²) in [6, 6.07) is 8.39. The summed E-state index contributed by atoms with van der Waals surface area (Å²) in [7, 11) is 8.63. The fourth-order valence-corrected chi connectivity index (χ4v) is 12.3. The maximum absolute atomic E-state index is 13.7. The van der Waals surface area contributed by atoms with E-state index in [2.05, 4.69) is 11.9 Å². The van der Waals surface area contributed by atoms with Crippen molar-refractivity contribution in [2.24, 2.45) is 34.5 Å². The van der Waals surface area contributed by atoms with E-state index < -0.39 is 64.8 Å². The fraction of sp³-hybridized carbons (Fsp3) is 0.758. The molecular weight excluding hydrogens is 570 g/mol. The number of likely N-dealkylation sites (tertiary alicyclic amines) is 1. The van der Waals surface area contributed by atoms with Crippen molar-refractivity contribution in [3.05, 3.63) is 35.9 Å². The van der Waals surface area contributed by atoms with E-state index in [1.165, 1.54) is 14.0 Å². The molecule has 1 heterocycles. The van der Waals surface area contributed by atoms with Crippen molar-refractivity contribution in [3.8, 4) is 0 Å². The number of methoxy groups -OCH3 is 4. The highest BCUT2D eigenvalue weighted by Crippen LogP contribution is 2.80. The number of benzene rings is 1. The monoisotopic (exact) mass is 615 g/mol. The molecule has 5 saturated carbocycles. The minimum absolute atomic E-state index is 0.103. The van der Waals surface area contributed by atoms with Crippen LogP contribution < -0.4 is 0 Å². The molecular formula is C33H45NO10. The molecule has 7 bridgehead atoms. The Morgan fingerprint density at radius 3 is 2.36 bits per heavy atom. The molecule has 0 aromatic heterocycles. The van der Waals surface area contributed by atoms with Crippen molar-refractivity contribution in [1.82, 2.24) is 4.90 Å². The van der Waals surface area contributed by atoms with Crippen molar-refractivity contribution in [3.63, 3.8) is 0 Å². The molecule has 242 valence electrons. The third-order valence-electron chi connectivity index (χ3n) is 12.8. The molecule has 44 heavy (non-hydrogen) atoms. The zero-order chi connectivity index (χ0) is 31.4. The Balaban J connectivity index is 1.51. The molecule has 4 unspecified atom stereocenters. The summed E-state index contributed by atoms with van der Waals surface area (Å²) in [5.41, 5.74) is -3.93. The lowest BCUT2D eigenvalue weighted by atomic mass is 9.43. The number of rotatable bonds is 8. The Bertz CT molecular complexity index is 1310. The SMILES string of the molecule is COC[C@@]12CCC(OC)C34[C@@H]5C[C@@]6(O)[C@H](OC(=O)c7ccccc7)[C@@H]5[C@](OC(C)=O)(C(C(OC)[C@@H]31)[C@H]4N(C)C2)[C@@H](O)[C@H]6OC. The van der Waals surface area contributed by atoms with Crippen LogP contribution in [0.1, 0.15) is 36.5 Å². The first-order valence-corrected chi connectivity index (χ1v) is 15.7. The molecule has 1 aliphatic heterocycles. The number of hydrogen-bond donors (Lipinski definition) is 2. The van der Waals surface area contributed by atoms with E-state index in [1.807, 2.05) is 6.07 Å². The van der Waals surface area contributed by atoms with E-state index >= 15 is 0 Å². The Labute approximate surface area is 258 Å². The summed E-state index contributed by atoms with van der Waals surface area (Å²) in [6.07, 6.45) is -2.66. The number of carbonyl (C=O) groups is 2. The van der Waals surface area contributed by atoms with Gasteiger partial charge in [0, 0.05) is 76.5 Å². The minimum Gasteiger partial charge on any atom is -0.455 e. The molecule has 6 aliphatic rings. The quantitative estimate of drug-likeness (QED) is 0.410. The lowest BCUT2D eigenvalue weighted by Crippen LogP contribution is -2.80. The van der Waals surface area contributed by atoms with Crippen LogP contribution in [0.3, 0.4) is 0 Å². The Morgan fingerprint density at radius 1 is 1.02 bits per heavy atom. The van der Waals surface area contributed by atoms with Crippen molar-refractivity contribution >= 4 is 11.9 Å². The first kappa shape index (κ1) is 30.5. The van der Waals surface area contributed by atoms with Gasteiger partial charge in [-0.3, -0.25) is 4.79 Å². The number of esters is 2. The van der Waals surface area contributed by atoms with Crippen LogP contribution in [0.25, 0.3) is 0 Å². The van der Waals surface area contributed by atoms with Gasteiger partial charge in [-0.05, 0) is 44.4 Å². The molecule has 1 aromatic rings. The number of piperidine rings is 1. The highest BCUT2D eigenvalue weighted by Gasteiger charge is 2.91.